The van der Waals surface area contributed by atoms with E-state index in [-0.39, 0.29) is 10.5 Å². The Morgan fingerprint density at radius 2 is 0.944 bits per heavy atom. The summed E-state index contributed by atoms with van der Waals surface area (Å²) in [6.07, 6.45) is 5.12. The van der Waals surface area contributed by atoms with Crippen LogP contribution in [-0.4, -0.2) is 144 Å². The van der Waals surface area contributed by atoms with Gasteiger partial charge in [-0.15, -0.1) is 0 Å². The van der Waals surface area contributed by atoms with E-state index in [0.717, 1.165) is 24.6 Å². The molecule has 2 unspecified atom stereocenters. The van der Waals surface area contributed by atoms with E-state index in [9.17, 15) is 9.59 Å². The summed E-state index contributed by atoms with van der Waals surface area (Å²) in [5.41, 5.74) is 0. The molecule has 4 saturated heterocycles. The molecule has 2 amide bonds. The first-order chi connectivity index (χ1) is 17.7. The summed E-state index contributed by atoms with van der Waals surface area (Å²) < 4.78 is 10.8. The third-order valence-electron chi connectivity index (χ3n) is 6.97. The number of carbonyl (C=O) groups excluding carboxylic acids is 2. The summed E-state index contributed by atoms with van der Waals surface area (Å²) in [5.74, 6) is 1.67. The van der Waals surface area contributed by atoms with Gasteiger partial charge in [0, 0.05) is 61.3 Å². The molecule has 4 aliphatic heterocycles. The molecule has 0 aliphatic carbocycles. The SMILES string of the molecule is O=C(SCC(CN1CCCC1)SSC(CSC(=O)N1CCOCC1)CN1CCCC1)N1CCOCC1. The van der Waals surface area contributed by atoms with Gasteiger partial charge in [-0.05, 0) is 51.9 Å². The lowest BCUT2D eigenvalue weighted by Crippen LogP contribution is -2.39. The first-order valence-corrected chi connectivity index (χ1v) is 17.7. The third kappa shape index (κ3) is 10.1. The molecule has 4 fully saturated rings. The van der Waals surface area contributed by atoms with Crippen LogP contribution >= 0.6 is 45.1 Å². The predicted octanol–water partition coefficient (Wildman–Crippen LogP) is 3.67. The van der Waals surface area contributed by atoms with Crippen LogP contribution in [0.1, 0.15) is 25.7 Å². The number of rotatable bonds is 11. The van der Waals surface area contributed by atoms with E-state index in [1.807, 2.05) is 31.4 Å². The summed E-state index contributed by atoms with van der Waals surface area (Å²) in [6.45, 7) is 12.2. The molecule has 0 aromatic rings. The number of likely N-dealkylation sites (tertiary alicyclic amines) is 2. The fourth-order valence-electron chi connectivity index (χ4n) is 4.89. The van der Waals surface area contributed by atoms with Crippen molar-refractivity contribution in [3.05, 3.63) is 0 Å². The average molecular weight is 579 g/mol. The van der Waals surface area contributed by atoms with Crippen molar-refractivity contribution in [2.45, 2.75) is 36.2 Å². The number of morpholine rings is 2. The van der Waals surface area contributed by atoms with Gasteiger partial charge in [0.1, 0.15) is 0 Å². The lowest BCUT2D eigenvalue weighted by atomic mass is 10.4. The maximum Gasteiger partial charge on any atom is 0.281 e. The molecule has 4 rings (SSSR count). The summed E-state index contributed by atoms with van der Waals surface area (Å²) in [5, 5.41) is 1.17. The number of ether oxygens (including phenoxy) is 2. The van der Waals surface area contributed by atoms with Gasteiger partial charge < -0.3 is 29.1 Å². The van der Waals surface area contributed by atoms with E-state index in [2.05, 4.69) is 9.80 Å². The summed E-state index contributed by atoms with van der Waals surface area (Å²) in [6, 6.07) is 0. The lowest BCUT2D eigenvalue weighted by Gasteiger charge is -2.29. The second-order valence-electron chi connectivity index (χ2n) is 9.80. The van der Waals surface area contributed by atoms with Gasteiger partial charge in [-0.1, -0.05) is 45.1 Å². The van der Waals surface area contributed by atoms with Crippen molar-refractivity contribution in [2.24, 2.45) is 0 Å². The minimum Gasteiger partial charge on any atom is -0.378 e. The minimum atomic E-state index is 0.190. The Bertz CT molecular complexity index is 615. The molecule has 0 aromatic carbocycles. The van der Waals surface area contributed by atoms with Crippen LogP contribution in [0.15, 0.2) is 0 Å². The van der Waals surface area contributed by atoms with Gasteiger partial charge in [-0.2, -0.15) is 0 Å². The maximum atomic E-state index is 12.8. The van der Waals surface area contributed by atoms with Crippen LogP contribution < -0.4 is 0 Å². The highest BCUT2D eigenvalue weighted by molar-refractivity contribution is 8.77. The first kappa shape index (κ1) is 29.2. The Balaban J connectivity index is 1.28. The smallest absolute Gasteiger partial charge is 0.281 e. The molecular weight excluding hydrogens is 537 g/mol. The number of hydrogen-bond acceptors (Lipinski definition) is 10. The average Bonchev–Trinajstić information content (AvgIpc) is 3.63. The minimum absolute atomic E-state index is 0.190. The third-order valence-corrected chi connectivity index (χ3v) is 12.8. The van der Waals surface area contributed by atoms with Crippen molar-refractivity contribution in [3.63, 3.8) is 0 Å². The topological polar surface area (TPSA) is 65.6 Å². The second kappa shape index (κ2) is 16.3. The van der Waals surface area contributed by atoms with Gasteiger partial charge >= 0.3 is 0 Å². The van der Waals surface area contributed by atoms with Crippen LogP contribution in [0.2, 0.25) is 0 Å². The molecule has 0 spiro atoms. The summed E-state index contributed by atoms with van der Waals surface area (Å²) in [4.78, 5) is 34.5. The molecule has 4 aliphatic rings. The van der Waals surface area contributed by atoms with Gasteiger partial charge in [-0.3, -0.25) is 9.59 Å². The zero-order valence-corrected chi connectivity index (χ0v) is 24.6. The Morgan fingerprint density at radius 3 is 1.31 bits per heavy atom. The molecule has 206 valence electrons. The van der Waals surface area contributed by atoms with Crippen LogP contribution in [0.5, 0.6) is 0 Å². The molecular formula is C24H42N4O4S4. The molecule has 0 N–H and O–H groups in total. The maximum absolute atomic E-state index is 12.8. The fraction of sp³-hybridized carbons (Fsp3) is 0.917. The number of thioether (sulfide) groups is 2. The van der Waals surface area contributed by atoms with Crippen LogP contribution in [0.3, 0.4) is 0 Å². The molecule has 36 heavy (non-hydrogen) atoms. The number of nitrogens with zero attached hydrogens (tertiary/aromatic N) is 4. The summed E-state index contributed by atoms with van der Waals surface area (Å²) >= 11 is 2.96. The highest BCUT2D eigenvalue weighted by atomic mass is 33.1. The Hall–Kier alpha value is 0.180. The van der Waals surface area contributed by atoms with Gasteiger partial charge in [0.05, 0.1) is 26.4 Å². The summed E-state index contributed by atoms with van der Waals surface area (Å²) in [7, 11) is 3.90. The van der Waals surface area contributed by atoms with Gasteiger partial charge in [0.15, 0.2) is 0 Å². The lowest BCUT2D eigenvalue weighted by molar-refractivity contribution is 0.0593. The van der Waals surface area contributed by atoms with Crippen molar-refractivity contribution >= 4 is 55.6 Å². The van der Waals surface area contributed by atoms with Crippen LogP contribution in [0, 0.1) is 0 Å². The van der Waals surface area contributed by atoms with Gasteiger partial charge in [-0.25, -0.2) is 0 Å². The molecule has 4 heterocycles. The fourth-order valence-corrected chi connectivity index (χ4v) is 10.5. The predicted molar refractivity (Wildman–Crippen MR) is 155 cm³/mol. The van der Waals surface area contributed by atoms with Crippen LogP contribution in [-0.2, 0) is 9.47 Å². The largest absolute Gasteiger partial charge is 0.378 e. The van der Waals surface area contributed by atoms with E-state index in [0.29, 0.717) is 63.1 Å². The number of amides is 2. The Kier molecular flexibility index (Phi) is 13.2. The highest BCUT2D eigenvalue weighted by Gasteiger charge is 2.26. The zero-order chi connectivity index (χ0) is 25.0. The first-order valence-electron chi connectivity index (χ1n) is 13.4. The van der Waals surface area contributed by atoms with Crippen molar-refractivity contribution in [2.75, 3.05) is 103 Å². The Labute approximate surface area is 233 Å². The molecule has 12 heteroatoms. The van der Waals surface area contributed by atoms with E-state index in [4.69, 9.17) is 9.47 Å². The van der Waals surface area contributed by atoms with E-state index >= 15 is 0 Å². The van der Waals surface area contributed by atoms with Gasteiger partial charge in [0.25, 0.3) is 10.5 Å². The number of carbonyl (C=O) groups is 2. The molecule has 0 aromatic heterocycles. The molecule has 0 radical (unpaired) electrons. The second-order valence-corrected chi connectivity index (χ2v) is 14.6. The van der Waals surface area contributed by atoms with E-state index in [1.54, 1.807) is 0 Å². The van der Waals surface area contributed by atoms with Crippen molar-refractivity contribution < 1.29 is 19.1 Å². The monoisotopic (exact) mass is 578 g/mol. The highest BCUT2D eigenvalue weighted by Crippen LogP contribution is 2.36. The van der Waals surface area contributed by atoms with E-state index in [1.165, 1.54) is 75.4 Å². The van der Waals surface area contributed by atoms with Crippen LogP contribution in [0.4, 0.5) is 9.59 Å². The quantitative estimate of drug-likeness (QED) is 0.339. The van der Waals surface area contributed by atoms with Crippen molar-refractivity contribution in [3.8, 4) is 0 Å². The molecule has 2 atom stereocenters. The molecule has 8 nitrogen and oxygen atoms in total. The molecule has 0 bridgehead atoms. The normalized spacial score (nSPS) is 23.8. The van der Waals surface area contributed by atoms with Gasteiger partial charge in [0.2, 0.25) is 0 Å². The standard InChI is InChI=1S/C24H42N4O4S4/c29-23(27-9-13-31-14-10-27)33-19-21(17-25-5-1-2-6-25)35-36-22(18-26-7-3-4-8-26)20-34-24(30)28-11-15-32-16-12-28/h21-22H,1-20H2. The molecule has 0 saturated carbocycles. The van der Waals surface area contributed by atoms with Crippen molar-refractivity contribution in [1.29, 1.82) is 0 Å². The van der Waals surface area contributed by atoms with E-state index < -0.39 is 0 Å². The Morgan fingerprint density at radius 1 is 0.583 bits per heavy atom. The number of hydrogen-bond donors (Lipinski definition) is 0. The zero-order valence-electron chi connectivity index (χ0n) is 21.4. The van der Waals surface area contributed by atoms with Crippen molar-refractivity contribution in [1.82, 2.24) is 19.6 Å². The van der Waals surface area contributed by atoms with Crippen LogP contribution in [0.25, 0.3) is 0 Å².